The van der Waals surface area contributed by atoms with Gasteiger partial charge in [0.2, 0.25) is 11.8 Å². The predicted molar refractivity (Wildman–Crippen MR) is 116 cm³/mol. The van der Waals surface area contributed by atoms with Crippen molar-refractivity contribution < 1.29 is 9.59 Å². The first-order valence-corrected chi connectivity index (χ1v) is 10.00. The molecule has 3 aromatic carbocycles. The van der Waals surface area contributed by atoms with E-state index >= 15 is 0 Å². The van der Waals surface area contributed by atoms with Gasteiger partial charge < -0.3 is 10.2 Å². The highest BCUT2D eigenvalue weighted by atomic mass is 16.2. The fourth-order valence-corrected chi connectivity index (χ4v) is 3.71. The minimum atomic E-state index is -0.0458. The molecule has 3 aromatic rings. The summed E-state index contributed by atoms with van der Waals surface area (Å²) in [6.07, 6.45) is 2.60. The van der Waals surface area contributed by atoms with Gasteiger partial charge in [-0.1, -0.05) is 60.7 Å². The molecule has 0 aromatic heterocycles. The van der Waals surface area contributed by atoms with Crippen LogP contribution >= 0.6 is 0 Å². The summed E-state index contributed by atoms with van der Waals surface area (Å²) in [6, 6.07) is 25.8. The van der Waals surface area contributed by atoms with Gasteiger partial charge >= 0.3 is 0 Å². The van der Waals surface area contributed by atoms with Crippen LogP contribution in [0.15, 0.2) is 78.9 Å². The van der Waals surface area contributed by atoms with Crippen LogP contribution in [0.2, 0.25) is 0 Å². The maximum atomic E-state index is 12.6. The molecular formula is C25H24N2O2. The number of para-hydroxylation sites is 1. The molecule has 1 heterocycles. The summed E-state index contributed by atoms with van der Waals surface area (Å²) >= 11 is 0. The lowest BCUT2D eigenvalue weighted by atomic mass is 10.0. The van der Waals surface area contributed by atoms with E-state index in [0.29, 0.717) is 12.8 Å². The molecule has 4 heteroatoms. The Bertz CT molecular complexity index is 997. The van der Waals surface area contributed by atoms with Gasteiger partial charge in [0.15, 0.2) is 0 Å². The van der Waals surface area contributed by atoms with Gasteiger partial charge in [0.1, 0.15) is 0 Å². The Hall–Kier alpha value is -3.40. The normalized spacial score (nSPS) is 13.5. The number of amides is 2. The van der Waals surface area contributed by atoms with E-state index in [1.807, 2.05) is 71.6 Å². The maximum Gasteiger partial charge on any atom is 0.228 e. The molecule has 0 radical (unpaired) electrons. The van der Waals surface area contributed by atoms with Crippen LogP contribution in [-0.4, -0.2) is 18.4 Å². The van der Waals surface area contributed by atoms with Crippen molar-refractivity contribution in [3.63, 3.8) is 0 Å². The highest BCUT2D eigenvalue weighted by Crippen LogP contribution is 2.22. The van der Waals surface area contributed by atoms with Crippen LogP contribution in [0.5, 0.6) is 0 Å². The molecule has 0 aliphatic carbocycles. The topological polar surface area (TPSA) is 49.4 Å². The first-order valence-electron chi connectivity index (χ1n) is 10.00. The van der Waals surface area contributed by atoms with Crippen molar-refractivity contribution in [1.29, 1.82) is 0 Å². The fourth-order valence-electron chi connectivity index (χ4n) is 3.71. The van der Waals surface area contributed by atoms with Crippen molar-refractivity contribution in [2.45, 2.75) is 25.7 Å². The highest BCUT2D eigenvalue weighted by Gasteiger charge is 2.21. The van der Waals surface area contributed by atoms with E-state index in [4.69, 9.17) is 0 Å². The summed E-state index contributed by atoms with van der Waals surface area (Å²) < 4.78 is 0. The van der Waals surface area contributed by atoms with E-state index in [9.17, 15) is 9.59 Å². The van der Waals surface area contributed by atoms with Crippen molar-refractivity contribution >= 4 is 23.2 Å². The third-order valence-corrected chi connectivity index (χ3v) is 5.21. The summed E-state index contributed by atoms with van der Waals surface area (Å²) in [5.41, 5.74) is 4.99. The number of anilines is 2. The number of benzene rings is 3. The van der Waals surface area contributed by atoms with Gasteiger partial charge in [-0.25, -0.2) is 0 Å². The number of carbonyl (C=O) groups is 2. The Balaban J connectivity index is 1.40. The first-order chi connectivity index (χ1) is 14.2. The summed E-state index contributed by atoms with van der Waals surface area (Å²) in [7, 11) is 0. The Morgan fingerprint density at radius 1 is 0.862 bits per heavy atom. The molecule has 4 rings (SSSR count). The molecule has 0 atom stereocenters. The quantitative estimate of drug-likeness (QED) is 0.676. The molecule has 0 unspecified atom stereocenters. The van der Waals surface area contributed by atoms with Gasteiger partial charge in [-0.2, -0.15) is 0 Å². The summed E-state index contributed by atoms with van der Waals surface area (Å²) in [5.74, 6) is 0.126. The van der Waals surface area contributed by atoms with Gasteiger partial charge in [-0.15, -0.1) is 0 Å². The average molecular weight is 384 g/mol. The van der Waals surface area contributed by atoms with Gasteiger partial charge in [0, 0.05) is 24.3 Å². The lowest BCUT2D eigenvalue weighted by Gasteiger charge is -2.16. The van der Waals surface area contributed by atoms with Crippen molar-refractivity contribution in [1.82, 2.24) is 0 Å². The van der Waals surface area contributed by atoms with E-state index in [-0.39, 0.29) is 11.8 Å². The van der Waals surface area contributed by atoms with E-state index in [2.05, 4.69) is 17.4 Å². The first kappa shape index (κ1) is 18.9. The van der Waals surface area contributed by atoms with Crippen LogP contribution in [0.3, 0.4) is 0 Å². The predicted octanol–water partition coefficient (Wildman–Crippen LogP) is 4.59. The second-order valence-corrected chi connectivity index (χ2v) is 7.36. The molecule has 29 heavy (non-hydrogen) atoms. The third-order valence-electron chi connectivity index (χ3n) is 5.21. The van der Waals surface area contributed by atoms with E-state index < -0.39 is 0 Å². The van der Waals surface area contributed by atoms with Crippen molar-refractivity contribution in [3.8, 4) is 0 Å². The second-order valence-electron chi connectivity index (χ2n) is 7.36. The van der Waals surface area contributed by atoms with E-state index in [1.54, 1.807) is 0 Å². The van der Waals surface area contributed by atoms with Crippen molar-refractivity contribution in [3.05, 3.63) is 95.6 Å². The number of rotatable bonds is 6. The molecule has 0 saturated carbocycles. The summed E-state index contributed by atoms with van der Waals surface area (Å²) in [4.78, 5) is 26.3. The molecule has 0 bridgehead atoms. The third kappa shape index (κ3) is 4.72. The van der Waals surface area contributed by atoms with Crippen LogP contribution in [-0.2, 0) is 22.4 Å². The minimum absolute atomic E-state index is 0.0458. The Morgan fingerprint density at radius 3 is 2.31 bits per heavy atom. The number of nitrogens with one attached hydrogen (secondary N) is 1. The Labute approximate surface area is 171 Å². The molecule has 0 spiro atoms. The molecule has 1 N–H and O–H groups in total. The number of hydrogen-bond donors (Lipinski definition) is 1. The minimum Gasteiger partial charge on any atom is -0.326 e. The van der Waals surface area contributed by atoms with Gasteiger partial charge in [-0.05, 0) is 47.7 Å². The van der Waals surface area contributed by atoms with Gasteiger partial charge in [0.25, 0.3) is 0 Å². The van der Waals surface area contributed by atoms with E-state index in [0.717, 1.165) is 41.9 Å². The molecule has 4 nitrogen and oxygen atoms in total. The average Bonchev–Trinajstić information content (AvgIpc) is 3.17. The second kappa shape index (κ2) is 8.74. The summed E-state index contributed by atoms with van der Waals surface area (Å²) in [6.45, 7) is 0.775. The monoisotopic (exact) mass is 384 g/mol. The lowest BCUT2D eigenvalue weighted by molar-refractivity contribution is -0.117. The van der Waals surface area contributed by atoms with Crippen LogP contribution in [0.4, 0.5) is 11.4 Å². The Kier molecular flexibility index (Phi) is 5.71. The van der Waals surface area contributed by atoms with Gasteiger partial charge in [-0.3, -0.25) is 9.59 Å². The van der Waals surface area contributed by atoms with Crippen LogP contribution in [0, 0.1) is 0 Å². The van der Waals surface area contributed by atoms with E-state index in [1.165, 1.54) is 5.56 Å². The number of hydrogen-bond acceptors (Lipinski definition) is 2. The molecule has 1 aliphatic rings. The SMILES string of the molecule is O=C(Cc1ccc(N2CCCC2=O)cc1)Nc1ccccc1Cc1ccccc1. The Morgan fingerprint density at radius 2 is 1.59 bits per heavy atom. The molecule has 1 aliphatic heterocycles. The highest BCUT2D eigenvalue weighted by molar-refractivity contribution is 5.95. The number of nitrogens with zero attached hydrogens (tertiary/aromatic N) is 1. The van der Waals surface area contributed by atoms with Crippen LogP contribution in [0.25, 0.3) is 0 Å². The zero-order chi connectivity index (χ0) is 20.1. The van der Waals surface area contributed by atoms with Crippen LogP contribution in [0.1, 0.15) is 29.5 Å². The zero-order valence-electron chi connectivity index (χ0n) is 16.3. The molecule has 1 saturated heterocycles. The standard InChI is InChI=1S/C25H24N2O2/c28-24(18-20-12-14-22(15-13-20)27-16-6-11-25(27)29)26-23-10-5-4-9-21(23)17-19-7-2-1-3-8-19/h1-5,7-10,12-15H,6,11,16-18H2,(H,26,28). The van der Waals surface area contributed by atoms with Crippen molar-refractivity contribution in [2.24, 2.45) is 0 Å². The zero-order valence-corrected chi connectivity index (χ0v) is 16.3. The van der Waals surface area contributed by atoms with Crippen LogP contribution < -0.4 is 10.2 Å². The fraction of sp³-hybridized carbons (Fsp3) is 0.200. The number of carbonyl (C=O) groups excluding carboxylic acids is 2. The molecule has 2 amide bonds. The summed E-state index contributed by atoms with van der Waals surface area (Å²) in [5, 5.41) is 3.05. The molecular weight excluding hydrogens is 360 g/mol. The largest absolute Gasteiger partial charge is 0.326 e. The van der Waals surface area contributed by atoms with Gasteiger partial charge in [0.05, 0.1) is 6.42 Å². The maximum absolute atomic E-state index is 12.6. The smallest absolute Gasteiger partial charge is 0.228 e. The molecule has 146 valence electrons. The van der Waals surface area contributed by atoms with Crippen molar-refractivity contribution in [2.75, 3.05) is 16.8 Å². The lowest BCUT2D eigenvalue weighted by Crippen LogP contribution is -2.23. The molecule has 1 fully saturated rings.